The van der Waals surface area contributed by atoms with Gasteiger partial charge in [-0.25, -0.2) is 4.39 Å². The van der Waals surface area contributed by atoms with Crippen LogP contribution in [0.1, 0.15) is 24.5 Å². The number of hydrogen-bond donors (Lipinski definition) is 1. The molecule has 2 aromatic rings. The van der Waals surface area contributed by atoms with Crippen LogP contribution in [0.5, 0.6) is 0 Å². The summed E-state index contributed by atoms with van der Waals surface area (Å²) < 4.78 is 12.9. The largest absolute Gasteiger partial charge is 0.369 e. The van der Waals surface area contributed by atoms with Crippen molar-refractivity contribution in [3.63, 3.8) is 0 Å². The predicted octanol–water partition coefficient (Wildman–Crippen LogP) is 3.39. The van der Waals surface area contributed by atoms with E-state index in [2.05, 4.69) is 46.3 Å². The molecule has 1 fully saturated rings. The van der Waals surface area contributed by atoms with Crippen LogP contribution in [-0.4, -0.2) is 49.6 Å². The second-order valence-corrected chi connectivity index (χ2v) is 7.73. The maximum atomic E-state index is 12.9. The third kappa shape index (κ3) is 6.06. The Labute approximate surface area is 167 Å². The number of hydrogen-bond acceptors (Lipinski definition) is 3. The Morgan fingerprint density at radius 3 is 2.50 bits per heavy atom. The van der Waals surface area contributed by atoms with Gasteiger partial charge in [0.05, 0.1) is 6.42 Å². The van der Waals surface area contributed by atoms with Crippen LogP contribution in [0.4, 0.5) is 10.1 Å². The number of anilines is 1. The van der Waals surface area contributed by atoms with Crippen LogP contribution in [0.2, 0.25) is 0 Å². The van der Waals surface area contributed by atoms with E-state index in [1.807, 2.05) is 6.92 Å². The second-order valence-electron chi connectivity index (χ2n) is 7.73. The summed E-state index contributed by atoms with van der Waals surface area (Å²) in [6.07, 6.45) is 1.22. The Balaban J connectivity index is 1.36. The molecule has 4 nitrogen and oxygen atoms in total. The lowest BCUT2D eigenvalue weighted by atomic mass is 10.1. The first-order valence-corrected chi connectivity index (χ1v) is 10.1. The molecule has 0 bridgehead atoms. The number of piperazine rings is 1. The summed E-state index contributed by atoms with van der Waals surface area (Å²) in [6.45, 7) is 9.33. The number of nitrogens with zero attached hydrogens (tertiary/aromatic N) is 2. The molecule has 0 unspecified atom stereocenters. The van der Waals surface area contributed by atoms with Crippen LogP contribution in [-0.2, 0) is 11.2 Å². The van der Waals surface area contributed by atoms with Gasteiger partial charge in [0.15, 0.2) is 0 Å². The Morgan fingerprint density at radius 1 is 1.11 bits per heavy atom. The third-order valence-electron chi connectivity index (χ3n) is 5.30. The number of rotatable bonds is 7. The lowest BCUT2D eigenvalue weighted by Gasteiger charge is -2.36. The van der Waals surface area contributed by atoms with Gasteiger partial charge in [-0.15, -0.1) is 0 Å². The topological polar surface area (TPSA) is 35.6 Å². The molecule has 0 aliphatic carbocycles. The van der Waals surface area contributed by atoms with Gasteiger partial charge in [-0.2, -0.15) is 0 Å². The highest BCUT2D eigenvalue weighted by Gasteiger charge is 2.18. The zero-order valence-corrected chi connectivity index (χ0v) is 16.8. The molecule has 5 heteroatoms. The molecular weight excluding hydrogens is 353 g/mol. The molecule has 0 radical (unpaired) electrons. The summed E-state index contributed by atoms with van der Waals surface area (Å²) in [7, 11) is 0. The van der Waals surface area contributed by atoms with Crippen molar-refractivity contribution in [1.82, 2.24) is 10.2 Å². The lowest BCUT2D eigenvalue weighted by molar-refractivity contribution is -0.121. The SMILES string of the molecule is Cc1cccc(N2CCN(CC[C@H](C)NC(=O)Cc3ccc(F)cc3)CC2)c1. The van der Waals surface area contributed by atoms with Crippen LogP contribution in [0.25, 0.3) is 0 Å². The fourth-order valence-electron chi connectivity index (χ4n) is 3.62. The average Bonchev–Trinajstić information content (AvgIpc) is 2.68. The van der Waals surface area contributed by atoms with Crippen molar-refractivity contribution >= 4 is 11.6 Å². The highest BCUT2D eigenvalue weighted by atomic mass is 19.1. The molecule has 1 amide bonds. The van der Waals surface area contributed by atoms with Crippen molar-refractivity contribution in [2.24, 2.45) is 0 Å². The Hall–Kier alpha value is -2.40. The van der Waals surface area contributed by atoms with Crippen molar-refractivity contribution in [1.29, 1.82) is 0 Å². The fraction of sp³-hybridized carbons (Fsp3) is 0.435. The van der Waals surface area contributed by atoms with E-state index in [1.54, 1.807) is 12.1 Å². The molecule has 2 aromatic carbocycles. The normalized spacial score (nSPS) is 16.0. The van der Waals surface area contributed by atoms with Gasteiger partial charge in [0, 0.05) is 44.5 Å². The van der Waals surface area contributed by atoms with E-state index in [1.165, 1.54) is 23.4 Å². The smallest absolute Gasteiger partial charge is 0.224 e. The molecule has 1 atom stereocenters. The average molecular weight is 384 g/mol. The number of carbonyl (C=O) groups is 1. The zero-order chi connectivity index (χ0) is 19.9. The van der Waals surface area contributed by atoms with Gasteiger partial charge in [-0.1, -0.05) is 24.3 Å². The van der Waals surface area contributed by atoms with Gasteiger partial charge in [0.1, 0.15) is 5.82 Å². The van der Waals surface area contributed by atoms with Crippen LogP contribution in [0.3, 0.4) is 0 Å². The second kappa shape index (κ2) is 9.69. The minimum absolute atomic E-state index is 0.0108. The fourth-order valence-corrected chi connectivity index (χ4v) is 3.62. The number of halogens is 1. The summed E-state index contributed by atoms with van der Waals surface area (Å²) >= 11 is 0. The number of amides is 1. The molecule has 150 valence electrons. The molecular formula is C23H30FN3O. The lowest BCUT2D eigenvalue weighted by Crippen LogP contribution is -2.47. The molecule has 1 heterocycles. The Kier molecular flexibility index (Phi) is 7.04. The van der Waals surface area contributed by atoms with Crippen molar-refractivity contribution < 1.29 is 9.18 Å². The van der Waals surface area contributed by atoms with Crippen molar-refractivity contribution in [3.8, 4) is 0 Å². The maximum absolute atomic E-state index is 12.9. The highest BCUT2D eigenvalue weighted by molar-refractivity contribution is 5.78. The molecule has 1 aliphatic rings. The Bertz CT molecular complexity index is 770. The van der Waals surface area contributed by atoms with E-state index in [4.69, 9.17) is 0 Å². The minimum Gasteiger partial charge on any atom is -0.369 e. The van der Waals surface area contributed by atoms with Crippen molar-refractivity contribution in [2.45, 2.75) is 32.7 Å². The van der Waals surface area contributed by atoms with Crippen LogP contribution in [0.15, 0.2) is 48.5 Å². The zero-order valence-electron chi connectivity index (χ0n) is 16.8. The van der Waals surface area contributed by atoms with Crippen molar-refractivity contribution in [2.75, 3.05) is 37.6 Å². The quantitative estimate of drug-likeness (QED) is 0.796. The summed E-state index contributed by atoms with van der Waals surface area (Å²) in [5.74, 6) is -0.289. The van der Waals surface area contributed by atoms with Gasteiger partial charge in [0.25, 0.3) is 0 Å². The first kappa shape index (κ1) is 20.3. The number of nitrogens with one attached hydrogen (secondary N) is 1. The van der Waals surface area contributed by atoms with Crippen LogP contribution in [0, 0.1) is 12.7 Å². The van der Waals surface area contributed by atoms with Crippen molar-refractivity contribution in [3.05, 3.63) is 65.5 Å². The minimum atomic E-state index is -0.278. The highest BCUT2D eigenvalue weighted by Crippen LogP contribution is 2.18. The molecule has 0 saturated carbocycles. The number of aryl methyl sites for hydroxylation is 1. The van der Waals surface area contributed by atoms with E-state index in [0.717, 1.165) is 44.7 Å². The summed E-state index contributed by atoms with van der Waals surface area (Å²) in [4.78, 5) is 17.1. The molecule has 0 spiro atoms. The maximum Gasteiger partial charge on any atom is 0.224 e. The summed E-state index contributed by atoms with van der Waals surface area (Å²) in [6, 6.07) is 14.9. The van der Waals surface area contributed by atoms with Gasteiger partial charge < -0.3 is 10.2 Å². The van der Waals surface area contributed by atoms with E-state index >= 15 is 0 Å². The summed E-state index contributed by atoms with van der Waals surface area (Å²) in [5.41, 5.74) is 3.43. The first-order valence-electron chi connectivity index (χ1n) is 10.1. The standard InChI is InChI=1S/C23H30FN3O/c1-18-4-3-5-22(16-18)27-14-12-26(13-15-27)11-10-19(2)25-23(28)17-20-6-8-21(24)9-7-20/h3-9,16,19H,10-15,17H2,1-2H3,(H,25,28)/t19-/m0/s1. The molecule has 1 aliphatic heterocycles. The van der Waals surface area contributed by atoms with Gasteiger partial charge in [-0.3, -0.25) is 9.69 Å². The molecule has 1 N–H and O–H groups in total. The van der Waals surface area contributed by atoms with Gasteiger partial charge in [-0.05, 0) is 55.7 Å². The van der Waals surface area contributed by atoms with Gasteiger partial charge in [0.2, 0.25) is 5.91 Å². The van der Waals surface area contributed by atoms with E-state index < -0.39 is 0 Å². The van der Waals surface area contributed by atoms with Gasteiger partial charge >= 0.3 is 0 Å². The van der Waals surface area contributed by atoms with Crippen LogP contribution >= 0.6 is 0 Å². The van der Waals surface area contributed by atoms with E-state index in [9.17, 15) is 9.18 Å². The molecule has 28 heavy (non-hydrogen) atoms. The monoisotopic (exact) mass is 383 g/mol. The number of carbonyl (C=O) groups excluding carboxylic acids is 1. The summed E-state index contributed by atoms with van der Waals surface area (Å²) in [5, 5.41) is 3.05. The predicted molar refractivity (Wildman–Crippen MR) is 112 cm³/mol. The van der Waals surface area contributed by atoms with E-state index in [0.29, 0.717) is 6.42 Å². The number of benzene rings is 2. The molecule has 1 saturated heterocycles. The van der Waals surface area contributed by atoms with Crippen LogP contribution < -0.4 is 10.2 Å². The first-order chi connectivity index (χ1) is 13.5. The molecule has 0 aromatic heterocycles. The third-order valence-corrected chi connectivity index (χ3v) is 5.30. The van der Waals surface area contributed by atoms with E-state index in [-0.39, 0.29) is 17.8 Å². The Morgan fingerprint density at radius 2 is 1.82 bits per heavy atom. The molecule has 3 rings (SSSR count).